The van der Waals surface area contributed by atoms with E-state index in [2.05, 4.69) is 20.2 Å². The quantitative estimate of drug-likeness (QED) is 0.552. The number of carbonyl (C=O) groups excluding carboxylic acids is 3. The van der Waals surface area contributed by atoms with Crippen molar-refractivity contribution < 1.29 is 27.6 Å². The van der Waals surface area contributed by atoms with E-state index < -0.39 is 42.0 Å². The van der Waals surface area contributed by atoms with Gasteiger partial charge in [-0.05, 0) is 26.8 Å². The first-order valence-corrected chi connectivity index (χ1v) is 10.9. The predicted octanol–water partition coefficient (Wildman–Crippen LogP) is 1.79. The van der Waals surface area contributed by atoms with E-state index >= 15 is 0 Å². The summed E-state index contributed by atoms with van der Waals surface area (Å²) in [5.41, 5.74) is 1.13. The van der Waals surface area contributed by atoms with Gasteiger partial charge in [-0.2, -0.15) is 13.2 Å². The summed E-state index contributed by atoms with van der Waals surface area (Å²) >= 11 is 0.925. The molecule has 0 saturated carbocycles. The van der Waals surface area contributed by atoms with E-state index in [1.165, 1.54) is 14.0 Å². The minimum Gasteiger partial charge on any atom is -0.335 e. The van der Waals surface area contributed by atoms with Crippen molar-refractivity contribution in [3.8, 4) is 11.3 Å². The second kappa shape index (κ2) is 10.3. The van der Waals surface area contributed by atoms with Gasteiger partial charge < -0.3 is 20.9 Å². The van der Waals surface area contributed by atoms with Gasteiger partial charge in [0.1, 0.15) is 16.7 Å². The van der Waals surface area contributed by atoms with Gasteiger partial charge in [0.05, 0.1) is 6.04 Å². The average Bonchev–Trinajstić information content (AvgIpc) is 3.45. The third-order valence-corrected chi connectivity index (χ3v) is 5.94. The summed E-state index contributed by atoms with van der Waals surface area (Å²) in [6.07, 6.45) is -4.48. The number of carbonyl (C=O) groups is 3. The average molecular weight is 485 g/mol. The van der Waals surface area contributed by atoms with Crippen LogP contribution in [0.3, 0.4) is 0 Å². The van der Waals surface area contributed by atoms with E-state index in [0.29, 0.717) is 22.7 Å². The van der Waals surface area contributed by atoms with Crippen molar-refractivity contribution in [1.82, 2.24) is 25.1 Å². The van der Waals surface area contributed by atoms with Crippen LogP contribution in [0.2, 0.25) is 0 Å². The molecule has 3 N–H and O–H groups in total. The molecule has 0 spiro atoms. The maximum absolute atomic E-state index is 13.6. The molecule has 3 rings (SSSR count). The van der Waals surface area contributed by atoms with Crippen molar-refractivity contribution in [3.63, 3.8) is 0 Å². The maximum Gasteiger partial charge on any atom is 0.417 e. The lowest BCUT2D eigenvalue weighted by molar-refractivity contribution is -0.179. The van der Waals surface area contributed by atoms with E-state index in [4.69, 9.17) is 0 Å². The molecule has 1 aromatic carbocycles. The molecule has 3 atom stereocenters. The van der Waals surface area contributed by atoms with Crippen LogP contribution in [0.1, 0.15) is 19.8 Å². The first kappa shape index (κ1) is 24.6. The summed E-state index contributed by atoms with van der Waals surface area (Å²) in [6, 6.07) is 4.15. The van der Waals surface area contributed by atoms with Crippen molar-refractivity contribution >= 4 is 34.3 Å². The molecule has 1 aromatic heterocycles. The van der Waals surface area contributed by atoms with E-state index in [1.807, 2.05) is 6.07 Å². The number of nitrogens with zero attached hydrogens (tertiary/aromatic N) is 3. The minimum atomic E-state index is -5.02. The number of alkyl halides is 3. The van der Waals surface area contributed by atoms with Gasteiger partial charge in [0.25, 0.3) is 5.91 Å². The molecule has 0 radical (unpaired) electrons. The molecule has 9 nitrogen and oxygen atoms in total. The molecule has 1 saturated heterocycles. The van der Waals surface area contributed by atoms with Crippen molar-refractivity contribution in [2.75, 3.05) is 18.9 Å². The number of hydrogen-bond acceptors (Lipinski definition) is 7. The van der Waals surface area contributed by atoms with Crippen molar-refractivity contribution in [2.24, 2.45) is 0 Å². The molecule has 13 heteroatoms. The van der Waals surface area contributed by atoms with Gasteiger partial charge in [-0.3, -0.25) is 14.4 Å². The lowest BCUT2D eigenvalue weighted by Crippen LogP contribution is -2.60. The Balaban J connectivity index is 1.77. The second-order valence-electron chi connectivity index (χ2n) is 7.49. The first-order chi connectivity index (χ1) is 15.6. The van der Waals surface area contributed by atoms with Crippen LogP contribution in [-0.4, -0.2) is 70.1 Å². The summed E-state index contributed by atoms with van der Waals surface area (Å²) in [6.45, 7) is 1.33. The Morgan fingerprint density at radius 1 is 1.21 bits per heavy atom. The fourth-order valence-corrected chi connectivity index (χ4v) is 4.00. The Morgan fingerprint density at radius 2 is 1.91 bits per heavy atom. The molecule has 1 aliphatic rings. The van der Waals surface area contributed by atoms with Gasteiger partial charge in [-0.25, -0.2) is 0 Å². The number of nitrogens with one attached hydrogen (secondary N) is 3. The topological polar surface area (TPSA) is 116 Å². The monoisotopic (exact) mass is 484 g/mol. The number of likely N-dealkylation sites (N-methyl/N-ethyl adjacent to an activating group) is 1. The summed E-state index contributed by atoms with van der Waals surface area (Å²) in [4.78, 5) is 38.6. The molecule has 1 aliphatic heterocycles. The van der Waals surface area contributed by atoms with E-state index in [0.717, 1.165) is 16.4 Å². The number of amides is 3. The lowest BCUT2D eigenvalue weighted by Gasteiger charge is -2.30. The molecule has 0 bridgehead atoms. The number of aromatic nitrogens is 2. The zero-order valence-electron chi connectivity index (χ0n) is 17.8. The molecule has 0 unspecified atom stereocenters. The molecule has 2 aromatic rings. The van der Waals surface area contributed by atoms with E-state index in [-0.39, 0.29) is 13.0 Å². The van der Waals surface area contributed by atoms with Crippen LogP contribution < -0.4 is 16.0 Å². The number of halogens is 3. The molecule has 3 amide bonds. The highest BCUT2D eigenvalue weighted by Gasteiger charge is 2.50. The highest BCUT2D eigenvalue weighted by molar-refractivity contribution is 7.10. The molecular weight excluding hydrogens is 461 g/mol. The third-order valence-electron chi connectivity index (χ3n) is 5.30. The summed E-state index contributed by atoms with van der Waals surface area (Å²) in [7, 11) is 1.41. The molecule has 1 fully saturated rings. The van der Waals surface area contributed by atoms with Crippen LogP contribution in [0.15, 0.2) is 30.3 Å². The highest BCUT2D eigenvalue weighted by Crippen LogP contribution is 2.30. The van der Waals surface area contributed by atoms with Crippen molar-refractivity contribution in [1.29, 1.82) is 0 Å². The molecule has 2 heterocycles. The second-order valence-corrected chi connectivity index (χ2v) is 8.24. The van der Waals surface area contributed by atoms with Crippen molar-refractivity contribution in [3.05, 3.63) is 30.3 Å². The minimum absolute atomic E-state index is 0.0343. The summed E-state index contributed by atoms with van der Waals surface area (Å²) < 4.78 is 44.7. The van der Waals surface area contributed by atoms with Gasteiger partial charge in [-0.15, -0.1) is 5.10 Å². The normalized spacial score (nSPS) is 18.0. The summed E-state index contributed by atoms with van der Waals surface area (Å²) in [5, 5.41) is 11.3. The first-order valence-electron chi connectivity index (χ1n) is 10.2. The smallest absolute Gasteiger partial charge is 0.335 e. The highest BCUT2D eigenvalue weighted by atomic mass is 32.1. The van der Waals surface area contributed by atoms with Gasteiger partial charge in [0, 0.05) is 23.6 Å². The fraction of sp³-hybridized carbons (Fsp3) is 0.450. The largest absolute Gasteiger partial charge is 0.417 e. The number of likely N-dealkylation sites (tertiary alicyclic amines) is 1. The standard InChI is InChI=1S/C20H23F3N6O3S/c1-11(24-2)16(30)25-15(20(21,22)23)19(32)29-10-6-9-13(29)17(31)26-18-14(27-28-33-18)12-7-4-3-5-8-12/h3-5,7-8,11,13,15,24H,6,9-10H2,1-2H3,(H,25,30)(H,26,31)/t11-,13-,15-/m0/s1. The predicted molar refractivity (Wildman–Crippen MR) is 115 cm³/mol. The number of anilines is 1. The van der Waals surface area contributed by atoms with Crippen LogP contribution in [0, 0.1) is 0 Å². The SMILES string of the molecule is CN[C@@H](C)C(=O)N[C@@H](C(=O)N1CCC[C@H]1C(=O)Nc1snnc1-c1ccccc1)C(F)(F)F. The van der Waals surface area contributed by atoms with Crippen molar-refractivity contribution in [2.45, 2.75) is 44.1 Å². The zero-order chi connectivity index (χ0) is 24.2. The van der Waals surface area contributed by atoms with Gasteiger partial charge in [-0.1, -0.05) is 34.8 Å². The van der Waals surface area contributed by atoms with Crippen LogP contribution in [0.25, 0.3) is 11.3 Å². The Bertz CT molecular complexity index is 1000. The fourth-order valence-electron chi connectivity index (χ4n) is 3.40. The maximum atomic E-state index is 13.6. The van der Waals surface area contributed by atoms with E-state index in [1.54, 1.807) is 29.6 Å². The summed E-state index contributed by atoms with van der Waals surface area (Å²) in [5.74, 6) is -2.99. The van der Waals surface area contributed by atoms with Crippen LogP contribution in [0.5, 0.6) is 0 Å². The molecule has 178 valence electrons. The Labute approximate surface area is 191 Å². The Kier molecular flexibility index (Phi) is 7.64. The van der Waals surface area contributed by atoms with Gasteiger partial charge in [0.2, 0.25) is 17.9 Å². The Morgan fingerprint density at radius 3 is 2.55 bits per heavy atom. The number of benzene rings is 1. The van der Waals surface area contributed by atoms with Crippen LogP contribution in [0.4, 0.5) is 18.2 Å². The third kappa shape index (κ3) is 5.66. The zero-order valence-corrected chi connectivity index (χ0v) is 18.7. The lowest BCUT2D eigenvalue weighted by atomic mass is 10.1. The molecular formula is C20H23F3N6O3S. The van der Waals surface area contributed by atoms with Crippen LogP contribution in [-0.2, 0) is 14.4 Å². The number of hydrogen-bond donors (Lipinski definition) is 3. The van der Waals surface area contributed by atoms with E-state index in [9.17, 15) is 27.6 Å². The molecule has 33 heavy (non-hydrogen) atoms. The van der Waals surface area contributed by atoms with Gasteiger partial charge in [0.15, 0.2) is 0 Å². The Hall–Kier alpha value is -3.06. The van der Waals surface area contributed by atoms with Crippen LogP contribution >= 0.6 is 11.5 Å². The number of rotatable bonds is 7. The van der Waals surface area contributed by atoms with Gasteiger partial charge >= 0.3 is 6.18 Å². The molecule has 0 aliphatic carbocycles.